The summed E-state index contributed by atoms with van der Waals surface area (Å²) in [6.07, 6.45) is 0.856. The van der Waals surface area contributed by atoms with Gasteiger partial charge in [0.05, 0.1) is 4.47 Å². The van der Waals surface area contributed by atoms with E-state index in [9.17, 15) is 4.39 Å². The third-order valence-electron chi connectivity index (χ3n) is 2.79. The first-order valence-electron chi connectivity index (χ1n) is 6.00. The van der Waals surface area contributed by atoms with Crippen molar-refractivity contribution in [3.63, 3.8) is 0 Å². The molecule has 0 spiro atoms. The zero-order chi connectivity index (χ0) is 13.8. The Morgan fingerprint density at radius 1 is 1.21 bits per heavy atom. The molecule has 2 rings (SSSR count). The van der Waals surface area contributed by atoms with Gasteiger partial charge in [-0.15, -0.1) is 0 Å². The van der Waals surface area contributed by atoms with Crippen molar-refractivity contribution >= 4 is 33.2 Å². The lowest BCUT2D eigenvalue weighted by Crippen LogP contribution is -2.18. The second-order valence-electron chi connectivity index (χ2n) is 4.50. The molecule has 1 unspecified atom stereocenters. The molecule has 0 amide bonds. The molecular weight excluding hydrogens is 329 g/mol. The normalized spacial score (nSPS) is 12.2. The molecule has 0 aliphatic heterocycles. The maximum absolute atomic E-state index is 13.4. The van der Waals surface area contributed by atoms with E-state index in [2.05, 4.69) is 28.2 Å². The fourth-order valence-corrected chi connectivity index (χ4v) is 2.27. The zero-order valence-electron chi connectivity index (χ0n) is 10.5. The number of rotatable bonds is 4. The lowest BCUT2D eigenvalue weighted by atomic mass is 10.1. The molecular formula is C15H14BrClFN. The number of benzene rings is 2. The SMILES string of the molecule is CC(Cc1ccc(Cl)cc1)Nc1ccc(Br)c(F)c1. The van der Waals surface area contributed by atoms with Crippen molar-refractivity contribution in [2.75, 3.05) is 5.32 Å². The predicted octanol–water partition coefficient (Wildman–Crippen LogP) is 5.28. The fraction of sp³-hybridized carbons (Fsp3) is 0.200. The van der Waals surface area contributed by atoms with Gasteiger partial charge in [0, 0.05) is 16.8 Å². The topological polar surface area (TPSA) is 12.0 Å². The van der Waals surface area contributed by atoms with Crippen molar-refractivity contribution in [1.29, 1.82) is 0 Å². The van der Waals surface area contributed by atoms with Gasteiger partial charge < -0.3 is 5.32 Å². The summed E-state index contributed by atoms with van der Waals surface area (Å²) in [6, 6.07) is 13.0. The van der Waals surface area contributed by atoms with Crippen molar-refractivity contribution < 1.29 is 4.39 Å². The maximum Gasteiger partial charge on any atom is 0.139 e. The van der Waals surface area contributed by atoms with Crippen LogP contribution in [0.25, 0.3) is 0 Å². The molecule has 19 heavy (non-hydrogen) atoms. The van der Waals surface area contributed by atoms with Gasteiger partial charge in [-0.1, -0.05) is 23.7 Å². The third kappa shape index (κ3) is 4.22. The average molecular weight is 343 g/mol. The van der Waals surface area contributed by atoms with Crippen LogP contribution in [0.2, 0.25) is 5.02 Å². The highest BCUT2D eigenvalue weighted by atomic mass is 79.9. The van der Waals surface area contributed by atoms with E-state index in [0.717, 1.165) is 17.1 Å². The highest BCUT2D eigenvalue weighted by molar-refractivity contribution is 9.10. The van der Waals surface area contributed by atoms with E-state index in [-0.39, 0.29) is 11.9 Å². The summed E-state index contributed by atoms with van der Waals surface area (Å²) in [5.74, 6) is -0.260. The van der Waals surface area contributed by atoms with Crippen LogP contribution in [0.4, 0.5) is 10.1 Å². The molecule has 1 atom stereocenters. The number of hydrogen-bond acceptors (Lipinski definition) is 1. The van der Waals surface area contributed by atoms with Gasteiger partial charge in [0.2, 0.25) is 0 Å². The molecule has 4 heteroatoms. The van der Waals surface area contributed by atoms with Gasteiger partial charge >= 0.3 is 0 Å². The zero-order valence-corrected chi connectivity index (χ0v) is 12.8. The first-order chi connectivity index (χ1) is 9.04. The lowest BCUT2D eigenvalue weighted by Gasteiger charge is -2.15. The minimum absolute atomic E-state index is 0.210. The summed E-state index contributed by atoms with van der Waals surface area (Å²) in [5, 5.41) is 4.01. The molecule has 100 valence electrons. The van der Waals surface area contributed by atoms with Crippen LogP contribution < -0.4 is 5.32 Å². The quantitative estimate of drug-likeness (QED) is 0.796. The fourth-order valence-electron chi connectivity index (χ4n) is 1.90. The molecule has 0 bridgehead atoms. The number of hydrogen-bond donors (Lipinski definition) is 1. The van der Waals surface area contributed by atoms with Gasteiger partial charge in [-0.3, -0.25) is 0 Å². The molecule has 1 N–H and O–H groups in total. The average Bonchev–Trinajstić information content (AvgIpc) is 2.37. The van der Waals surface area contributed by atoms with Gasteiger partial charge in [0.15, 0.2) is 0 Å². The smallest absolute Gasteiger partial charge is 0.139 e. The molecule has 0 aliphatic rings. The second kappa shape index (κ2) is 6.40. The van der Waals surface area contributed by atoms with Crippen molar-refractivity contribution in [1.82, 2.24) is 0 Å². The molecule has 2 aromatic carbocycles. The van der Waals surface area contributed by atoms with Gasteiger partial charge in [0.1, 0.15) is 5.82 Å². The molecule has 0 saturated carbocycles. The van der Waals surface area contributed by atoms with E-state index in [1.807, 2.05) is 30.3 Å². The number of anilines is 1. The van der Waals surface area contributed by atoms with Gasteiger partial charge in [-0.25, -0.2) is 4.39 Å². The molecule has 1 nitrogen and oxygen atoms in total. The van der Waals surface area contributed by atoms with Gasteiger partial charge in [-0.2, -0.15) is 0 Å². The minimum Gasteiger partial charge on any atom is -0.382 e. The summed E-state index contributed by atoms with van der Waals surface area (Å²) < 4.78 is 13.9. The van der Waals surface area contributed by atoms with Crippen LogP contribution in [-0.4, -0.2) is 6.04 Å². The van der Waals surface area contributed by atoms with Crippen LogP contribution in [0.5, 0.6) is 0 Å². The summed E-state index contributed by atoms with van der Waals surface area (Å²) in [7, 11) is 0. The standard InChI is InChI=1S/C15H14BrClFN/c1-10(8-11-2-4-12(17)5-3-11)19-13-6-7-14(16)15(18)9-13/h2-7,9-10,19H,8H2,1H3. The molecule has 0 saturated heterocycles. The third-order valence-corrected chi connectivity index (χ3v) is 3.68. The summed E-state index contributed by atoms with van der Waals surface area (Å²) >= 11 is 8.99. The summed E-state index contributed by atoms with van der Waals surface area (Å²) in [5.41, 5.74) is 1.98. The Labute approximate surface area is 125 Å². The van der Waals surface area contributed by atoms with Crippen molar-refractivity contribution in [3.8, 4) is 0 Å². The monoisotopic (exact) mass is 341 g/mol. The first kappa shape index (κ1) is 14.4. The van der Waals surface area contributed by atoms with E-state index in [1.165, 1.54) is 11.6 Å². The highest BCUT2D eigenvalue weighted by Crippen LogP contribution is 2.20. The van der Waals surface area contributed by atoms with Crippen LogP contribution in [0, 0.1) is 5.82 Å². The summed E-state index contributed by atoms with van der Waals surface area (Å²) in [6.45, 7) is 2.06. The first-order valence-corrected chi connectivity index (χ1v) is 7.18. The largest absolute Gasteiger partial charge is 0.382 e. The Hall–Kier alpha value is -1.06. The predicted molar refractivity (Wildman–Crippen MR) is 82.3 cm³/mol. The molecule has 2 aromatic rings. The van der Waals surface area contributed by atoms with Gasteiger partial charge in [-0.05, 0) is 65.2 Å². The maximum atomic E-state index is 13.4. The van der Waals surface area contributed by atoms with Crippen molar-refractivity contribution in [3.05, 3.63) is 63.3 Å². The molecule has 0 aromatic heterocycles. The molecule has 0 radical (unpaired) electrons. The van der Waals surface area contributed by atoms with Crippen LogP contribution >= 0.6 is 27.5 Å². The Balaban J connectivity index is 1.98. The summed E-state index contributed by atoms with van der Waals surface area (Å²) in [4.78, 5) is 0. The van der Waals surface area contributed by atoms with E-state index >= 15 is 0 Å². The molecule has 0 heterocycles. The Bertz CT molecular complexity index is 557. The van der Waals surface area contributed by atoms with E-state index in [4.69, 9.17) is 11.6 Å². The van der Waals surface area contributed by atoms with Crippen LogP contribution in [-0.2, 0) is 6.42 Å². The lowest BCUT2D eigenvalue weighted by molar-refractivity contribution is 0.621. The highest BCUT2D eigenvalue weighted by Gasteiger charge is 2.06. The van der Waals surface area contributed by atoms with Crippen LogP contribution in [0.1, 0.15) is 12.5 Å². The molecule has 0 fully saturated rings. The number of halogens is 3. The molecule has 0 aliphatic carbocycles. The van der Waals surface area contributed by atoms with Crippen LogP contribution in [0.15, 0.2) is 46.9 Å². The Morgan fingerprint density at radius 3 is 2.53 bits per heavy atom. The van der Waals surface area contributed by atoms with E-state index < -0.39 is 0 Å². The van der Waals surface area contributed by atoms with E-state index in [1.54, 1.807) is 6.07 Å². The Kier molecular flexibility index (Phi) is 4.83. The number of nitrogens with one attached hydrogen (secondary N) is 1. The van der Waals surface area contributed by atoms with E-state index in [0.29, 0.717) is 4.47 Å². The Morgan fingerprint density at radius 2 is 1.89 bits per heavy atom. The van der Waals surface area contributed by atoms with Gasteiger partial charge in [0.25, 0.3) is 0 Å². The van der Waals surface area contributed by atoms with Crippen LogP contribution in [0.3, 0.4) is 0 Å². The minimum atomic E-state index is -0.260. The van der Waals surface area contributed by atoms with Crippen molar-refractivity contribution in [2.24, 2.45) is 0 Å². The second-order valence-corrected chi connectivity index (χ2v) is 5.80. The van der Waals surface area contributed by atoms with Crippen molar-refractivity contribution in [2.45, 2.75) is 19.4 Å².